The van der Waals surface area contributed by atoms with Crippen LogP contribution in [0.3, 0.4) is 0 Å². The second-order valence-electron chi connectivity index (χ2n) is 7.23. The van der Waals surface area contributed by atoms with Crippen LogP contribution in [-0.4, -0.2) is 24.0 Å². The summed E-state index contributed by atoms with van der Waals surface area (Å²) >= 11 is 0. The summed E-state index contributed by atoms with van der Waals surface area (Å²) in [6.07, 6.45) is 7.14. The van der Waals surface area contributed by atoms with Crippen LogP contribution < -0.4 is 5.32 Å². The first kappa shape index (κ1) is 19.4. The molecule has 1 saturated carbocycles. The minimum Gasteiger partial charge on any atom is -0.464 e. The van der Waals surface area contributed by atoms with E-state index in [2.05, 4.69) is 16.2 Å². The molecule has 0 saturated heterocycles. The first-order valence-electron chi connectivity index (χ1n) is 9.60. The maximum absolute atomic E-state index is 12.7. The van der Waals surface area contributed by atoms with E-state index in [1.807, 2.05) is 30.3 Å². The summed E-state index contributed by atoms with van der Waals surface area (Å²) in [4.78, 5) is 28.8. The number of benzene rings is 2. The van der Waals surface area contributed by atoms with E-state index in [0.29, 0.717) is 11.3 Å². The number of carbonyl (C=O) groups excluding carboxylic acids is 2. The number of nitrogens with zero attached hydrogens (tertiary/aromatic N) is 1. The molecule has 1 heterocycles. The molecule has 30 heavy (non-hydrogen) atoms. The molecule has 0 radical (unpaired) electrons. The number of amides is 1. The number of methoxy groups -OCH3 is 1. The first-order chi connectivity index (χ1) is 14.5. The number of pyridine rings is 1. The first-order valence-corrected chi connectivity index (χ1v) is 9.60. The lowest BCUT2D eigenvalue weighted by Crippen LogP contribution is -2.34. The van der Waals surface area contributed by atoms with Crippen LogP contribution >= 0.6 is 0 Å². The van der Waals surface area contributed by atoms with Crippen molar-refractivity contribution in [2.24, 2.45) is 0 Å². The Morgan fingerprint density at radius 3 is 2.33 bits per heavy atom. The van der Waals surface area contributed by atoms with Gasteiger partial charge in [0.2, 0.25) is 0 Å². The summed E-state index contributed by atoms with van der Waals surface area (Å²) < 4.78 is 4.73. The summed E-state index contributed by atoms with van der Waals surface area (Å²) in [5.74, 6) is 1.96. The van der Waals surface area contributed by atoms with Crippen LogP contribution in [-0.2, 0) is 10.3 Å². The predicted molar refractivity (Wildman–Crippen MR) is 114 cm³/mol. The zero-order chi connectivity index (χ0) is 21.1. The van der Waals surface area contributed by atoms with Crippen molar-refractivity contribution >= 4 is 11.9 Å². The fourth-order valence-electron chi connectivity index (χ4n) is 3.39. The lowest BCUT2D eigenvalue weighted by Gasteiger charge is -2.18. The molecule has 0 atom stereocenters. The molecule has 0 bridgehead atoms. The van der Waals surface area contributed by atoms with Gasteiger partial charge >= 0.3 is 5.97 Å². The van der Waals surface area contributed by atoms with Crippen LogP contribution in [0.5, 0.6) is 0 Å². The summed E-state index contributed by atoms with van der Waals surface area (Å²) in [7, 11) is 1.33. The molecular weight excluding hydrogens is 376 g/mol. The standard InChI is InChI=1S/C25H20N2O3/c1-3-17-7-9-19(10-8-17)23(28)27-25(15-16-25)20-13-11-18(12-14-20)21-5-4-6-22(26-21)24(29)30-2/h1,4-14H,15-16H2,2H3,(H,27,28). The maximum atomic E-state index is 12.7. The van der Waals surface area contributed by atoms with E-state index in [4.69, 9.17) is 11.2 Å². The molecule has 0 aliphatic heterocycles. The quantitative estimate of drug-likeness (QED) is 0.524. The van der Waals surface area contributed by atoms with Gasteiger partial charge in [0, 0.05) is 16.7 Å². The van der Waals surface area contributed by atoms with Crippen molar-refractivity contribution in [1.82, 2.24) is 10.3 Å². The Morgan fingerprint density at radius 1 is 1.03 bits per heavy atom. The third kappa shape index (κ3) is 3.81. The molecule has 5 nitrogen and oxygen atoms in total. The molecule has 1 aliphatic rings. The Kier molecular flexibility index (Phi) is 5.07. The molecule has 148 valence electrons. The average Bonchev–Trinajstić information content (AvgIpc) is 3.59. The summed E-state index contributed by atoms with van der Waals surface area (Å²) in [5.41, 5.74) is 3.86. The molecular formula is C25H20N2O3. The molecule has 0 spiro atoms. The van der Waals surface area contributed by atoms with E-state index in [0.717, 1.165) is 29.5 Å². The molecule has 1 aromatic heterocycles. The lowest BCUT2D eigenvalue weighted by atomic mass is 10.0. The Labute approximate surface area is 175 Å². The van der Waals surface area contributed by atoms with Gasteiger partial charge in [-0.05, 0) is 54.8 Å². The molecule has 1 fully saturated rings. The van der Waals surface area contributed by atoms with Crippen LogP contribution in [0.4, 0.5) is 0 Å². The topological polar surface area (TPSA) is 68.3 Å². The van der Waals surface area contributed by atoms with Crippen LogP contribution in [0.2, 0.25) is 0 Å². The molecule has 0 unspecified atom stereocenters. The van der Waals surface area contributed by atoms with Crippen molar-refractivity contribution in [1.29, 1.82) is 0 Å². The number of ether oxygens (including phenoxy) is 1. The third-order valence-electron chi connectivity index (χ3n) is 5.29. The van der Waals surface area contributed by atoms with E-state index in [1.165, 1.54) is 7.11 Å². The molecule has 1 aliphatic carbocycles. The van der Waals surface area contributed by atoms with Gasteiger partial charge in [-0.15, -0.1) is 6.42 Å². The van der Waals surface area contributed by atoms with Crippen LogP contribution in [0.25, 0.3) is 11.3 Å². The smallest absolute Gasteiger partial charge is 0.356 e. The third-order valence-corrected chi connectivity index (χ3v) is 5.29. The zero-order valence-corrected chi connectivity index (χ0v) is 16.5. The SMILES string of the molecule is C#Cc1ccc(C(=O)NC2(c3ccc(-c4cccc(C(=O)OC)n4)cc3)CC2)cc1. The predicted octanol–water partition coefficient (Wildman–Crippen LogP) is 3.94. The molecule has 1 amide bonds. The molecule has 3 aromatic rings. The zero-order valence-electron chi connectivity index (χ0n) is 16.5. The Balaban J connectivity index is 1.51. The highest BCUT2D eigenvalue weighted by Gasteiger charge is 2.45. The van der Waals surface area contributed by atoms with Gasteiger partial charge in [0.05, 0.1) is 18.3 Å². The van der Waals surface area contributed by atoms with Crippen molar-refractivity contribution in [2.75, 3.05) is 7.11 Å². The summed E-state index contributed by atoms with van der Waals surface area (Å²) in [6, 6.07) is 20.1. The Morgan fingerprint density at radius 2 is 1.73 bits per heavy atom. The van der Waals surface area contributed by atoms with Crippen LogP contribution in [0.1, 0.15) is 44.8 Å². The van der Waals surface area contributed by atoms with Gasteiger partial charge in [0.1, 0.15) is 5.69 Å². The van der Waals surface area contributed by atoms with E-state index >= 15 is 0 Å². The normalized spacial score (nSPS) is 13.7. The Bertz CT molecular complexity index is 1140. The molecule has 2 aromatic carbocycles. The van der Waals surface area contributed by atoms with Gasteiger partial charge in [-0.25, -0.2) is 9.78 Å². The largest absolute Gasteiger partial charge is 0.464 e. The molecule has 1 N–H and O–H groups in total. The van der Waals surface area contributed by atoms with Crippen molar-refractivity contribution in [3.05, 3.63) is 89.1 Å². The van der Waals surface area contributed by atoms with Gasteiger partial charge in [-0.3, -0.25) is 4.79 Å². The van der Waals surface area contributed by atoms with Crippen molar-refractivity contribution < 1.29 is 14.3 Å². The monoisotopic (exact) mass is 396 g/mol. The molecule has 4 rings (SSSR count). The number of rotatable bonds is 5. The van der Waals surface area contributed by atoms with Crippen LogP contribution in [0.15, 0.2) is 66.7 Å². The maximum Gasteiger partial charge on any atom is 0.356 e. The highest BCUT2D eigenvalue weighted by Crippen LogP contribution is 2.46. The highest BCUT2D eigenvalue weighted by molar-refractivity contribution is 5.95. The van der Waals surface area contributed by atoms with Gasteiger partial charge in [0.15, 0.2) is 0 Å². The number of hydrogen-bond donors (Lipinski definition) is 1. The average molecular weight is 396 g/mol. The van der Waals surface area contributed by atoms with Gasteiger partial charge in [0.25, 0.3) is 5.91 Å². The van der Waals surface area contributed by atoms with Crippen LogP contribution in [0, 0.1) is 12.3 Å². The van der Waals surface area contributed by atoms with Gasteiger partial charge < -0.3 is 10.1 Å². The second-order valence-corrected chi connectivity index (χ2v) is 7.23. The fourth-order valence-corrected chi connectivity index (χ4v) is 3.39. The van der Waals surface area contributed by atoms with Gasteiger partial charge in [-0.2, -0.15) is 0 Å². The van der Waals surface area contributed by atoms with E-state index < -0.39 is 5.97 Å². The number of carbonyl (C=O) groups is 2. The number of hydrogen-bond acceptors (Lipinski definition) is 4. The van der Waals surface area contributed by atoms with Crippen molar-refractivity contribution in [2.45, 2.75) is 18.4 Å². The minimum absolute atomic E-state index is 0.118. The number of terminal acetylenes is 1. The molecule has 5 heteroatoms. The van der Waals surface area contributed by atoms with E-state index in [1.54, 1.807) is 36.4 Å². The summed E-state index contributed by atoms with van der Waals surface area (Å²) in [6.45, 7) is 0. The number of aromatic nitrogens is 1. The van der Waals surface area contributed by atoms with E-state index in [9.17, 15) is 9.59 Å². The fraction of sp³-hybridized carbons (Fsp3) is 0.160. The van der Waals surface area contributed by atoms with Gasteiger partial charge in [-0.1, -0.05) is 36.3 Å². The summed E-state index contributed by atoms with van der Waals surface area (Å²) in [5, 5.41) is 3.16. The van der Waals surface area contributed by atoms with Crippen molar-refractivity contribution in [3.63, 3.8) is 0 Å². The van der Waals surface area contributed by atoms with Crippen molar-refractivity contribution in [3.8, 4) is 23.6 Å². The highest BCUT2D eigenvalue weighted by atomic mass is 16.5. The lowest BCUT2D eigenvalue weighted by molar-refractivity contribution is 0.0594. The Hall–Kier alpha value is -3.91. The second kappa shape index (κ2) is 7.84. The van der Waals surface area contributed by atoms with E-state index in [-0.39, 0.29) is 17.1 Å². The minimum atomic E-state index is -0.469. The number of esters is 1. The number of nitrogens with one attached hydrogen (secondary N) is 1.